The van der Waals surface area contributed by atoms with E-state index in [1.165, 1.54) is 11.3 Å². The molecular formula is C21H20N4O3S. The molecule has 1 fully saturated rings. The third-order valence-corrected chi connectivity index (χ3v) is 5.72. The van der Waals surface area contributed by atoms with E-state index in [9.17, 15) is 9.59 Å². The number of amides is 2. The minimum Gasteiger partial charge on any atom is -0.497 e. The highest BCUT2D eigenvalue weighted by Gasteiger charge is 2.34. The van der Waals surface area contributed by atoms with Crippen molar-refractivity contribution in [3.05, 3.63) is 60.2 Å². The lowest BCUT2D eigenvalue weighted by Gasteiger charge is -2.23. The summed E-state index contributed by atoms with van der Waals surface area (Å²) in [7, 11) is 1.61. The number of nitrogens with zero attached hydrogens (tertiary/aromatic N) is 3. The first kappa shape index (κ1) is 19.1. The number of hydrogen-bond donors (Lipinski definition) is 1. The molecule has 148 valence electrons. The van der Waals surface area contributed by atoms with E-state index in [0.29, 0.717) is 28.7 Å². The van der Waals surface area contributed by atoms with Crippen molar-refractivity contribution in [1.29, 1.82) is 0 Å². The Morgan fingerprint density at radius 1 is 1.10 bits per heavy atom. The minimum absolute atomic E-state index is 0.126. The Morgan fingerprint density at radius 3 is 2.59 bits per heavy atom. The molecule has 0 bridgehead atoms. The second kappa shape index (κ2) is 8.40. The van der Waals surface area contributed by atoms with Gasteiger partial charge >= 0.3 is 0 Å². The van der Waals surface area contributed by atoms with Gasteiger partial charge < -0.3 is 9.64 Å². The molecule has 2 amide bonds. The van der Waals surface area contributed by atoms with E-state index in [1.807, 2.05) is 42.5 Å². The van der Waals surface area contributed by atoms with Crippen molar-refractivity contribution in [2.75, 3.05) is 19.0 Å². The van der Waals surface area contributed by atoms with Gasteiger partial charge in [0.2, 0.25) is 11.0 Å². The van der Waals surface area contributed by atoms with E-state index in [2.05, 4.69) is 15.5 Å². The van der Waals surface area contributed by atoms with Crippen LogP contribution < -0.4 is 10.1 Å². The van der Waals surface area contributed by atoms with Crippen molar-refractivity contribution in [3.8, 4) is 16.3 Å². The molecular weight excluding hydrogens is 388 g/mol. The van der Waals surface area contributed by atoms with Gasteiger partial charge in [-0.25, -0.2) is 0 Å². The van der Waals surface area contributed by atoms with Gasteiger partial charge in [-0.05, 0) is 49.2 Å². The molecule has 0 radical (unpaired) electrons. The Morgan fingerprint density at radius 2 is 1.86 bits per heavy atom. The summed E-state index contributed by atoms with van der Waals surface area (Å²) in [5, 5.41) is 12.2. The zero-order valence-electron chi connectivity index (χ0n) is 15.9. The molecule has 1 N–H and O–H groups in total. The zero-order chi connectivity index (χ0) is 20.2. The molecule has 1 aliphatic rings. The lowest BCUT2D eigenvalue weighted by Crippen LogP contribution is -2.43. The number of methoxy groups -OCH3 is 1. The molecule has 3 aromatic rings. The van der Waals surface area contributed by atoms with E-state index in [1.54, 1.807) is 24.1 Å². The number of hydrogen-bond acceptors (Lipinski definition) is 6. The number of anilines is 1. The summed E-state index contributed by atoms with van der Waals surface area (Å²) >= 11 is 1.29. The Hall–Kier alpha value is -3.26. The highest BCUT2D eigenvalue weighted by molar-refractivity contribution is 7.18. The van der Waals surface area contributed by atoms with Gasteiger partial charge in [-0.3, -0.25) is 14.9 Å². The fourth-order valence-corrected chi connectivity index (χ4v) is 4.09. The smallest absolute Gasteiger partial charge is 0.254 e. The summed E-state index contributed by atoms with van der Waals surface area (Å²) in [6.07, 6.45) is 1.43. The first-order valence-electron chi connectivity index (χ1n) is 9.30. The van der Waals surface area contributed by atoms with Gasteiger partial charge in [-0.15, -0.1) is 10.2 Å². The van der Waals surface area contributed by atoms with Gasteiger partial charge in [0, 0.05) is 17.7 Å². The van der Waals surface area contributed by atoms with Gasteiger partial charge in [0.1, 0.15) is 16.8 Å². The second-order valence-electron chi connectivity index (χ2n) is 6.65. The number of likely N-dealkylation sites (tertiary alicyclic amines) is 1. The van der Waals surface area contributed by atoms with Crippen molar-refractivity contribution in [2.45, 2.75) is 18.9 Å². The van der Waals surface area contributed by atoms with Crippen LogP contribution in [0.2, 0.25) is 0 Å². The van der Waals surface area contributed by atoms with Crippen LogP contribution in [0, 0.1) is 0 Å². The Labute approximate surface area is 172 Å². The molecule has 0 aliphatic carbocycles. The minimum atomic E-state index is -0.504. The Kier molecular flexibility index (Phi) is 5.53. The van der Waals surface area contributed by atoms with Crippen molar-refractivity contribution in [2.24, 2.45) is 0 Å². The zero-order valence-corrected chi connectivity index (χ0v) is 16.7. The van der Waals surface area contributed by atoms with Gasteiger partial charge in [0.05, 0.1) is 7.11 Å². The van der Waals surface area contributed by atoms with Crippen LogP contribution in [-0.2, 0) is 4.79 Å². The third-order valence-electron chi connectivity index (χ3n) is 4.83. The predicted molar refractivity (Wildman–Crippen MR) is 111 cm³/mol. The largest absolute Gasteiger partial charge is 0.497 e. The summed E-state index contributed by atoms with van der Waals surface area (Å²) in [4.78, 5) is 27.2. The molecule has 1 atom stereocenters. The van der Waals surface area contributed by atoms with Crippen molar-refractivity contribution in [1.82, 2.24) is 15.1 Å². The number of benzene rings is 2. The maximum atomic E-state index is 12.8. The van der Waals surface area contributed by atoms with E-state index in [0.717, 1.165) is 17.7 Å². The first-order chi connectivity index (χ1) is 14.2. The molecule has 1 aliphatic heterocycles. The summed E-state index contributed by atoms with van der Waals surface area (Å²) in [5.74, 6) is 0.403. The molecule has 0 spiro atoms. The average Bonchev–Trinajstić information content (AvgIpc) is 3.44. The van der Waals surface area contributed by atoms with Crippen LogP contribution in [-0.4, -0.2) is 46.6 Å². The van der Waals surface area contributed by atoms with Crippen molar-refractivity contribution >= 4 is 28.3 Å². The van der Waals surface area contributed by atoms with Crippen molar-refractivity contribution in [3.63, 3.8) is 0 Å². The second-order valence-corrected chi connectivity index (χ2v) is 7.63. The van der Waals surface area contributed by atoms with Gasteiger partial charge in [0.25, 0.3) is 5.91 Å². The van der Waals surface area contributed by atoms with Crippen LogP contribution >= 0.6 is 11.3 Å². The molecule has 29 heavy (non-hydrogen) atoms. The summed E-state index contributed by atoms with van der Waals surface area (Å²) < 4.78 is 5.16. The number of rotatable bonds is 5. The van der Waals surface area contributed by atoms with Crippen LogP contribution in [0.5, 0.6) is 5.75 Å². The molecule has 2 heterocycles. The number of carbonyl (C=O) groups is 2. The standard InChI is InChI=1S/C21H20N4O3S/c1-28-16-11-9-14(10-12-16)19-23-24-21(29-19)22-18(26)17-8-5-13-25(17)20(27)15-6-3-2-4-7-15/h2-4,6-7,9-12,17H,5,8,13H2,1H3,(H,22,24,26). The normalized spacial score (nSPS) is 15.9. The molecule has 1 unspecified atom stereocenters. The summed E-state index contributed by atoms with van der Waals surface area (Å²) in [5.41, 5.74) is 1.48. The van der Waals surface area contributed by atoms with E-state index in [4.69, 9.17) is 4.74 Å². The number of nitrogens with one attached hydrogen (secondary N) is 1. The molecule has 1 saturated heterocycles. The number of carbonyl (C=O) groups excluding carboxylic acids is 2. The molecule has 2 aromatic carbocycles. The monoisotopic (exact) mass is 408 g/mol. The summed E-state index contributed by atoms with van der Waals surface area (Å²) in [6, 6.07) is 16.0. The third kappa shape index (κ3) is 4.12. The van der Waals surface area contributed by atoms with Crippen LogP contribution in [0.15, 0.2) is 54.6 Å². The van der Waals surface area contributed by atoms with Crippen LogP contribution in [0.3, 0.4) is 0 Å². The summed E-state index contributed by atoms with van der Waals surface area (Å²) in [6.45, 7) is 0.568. The molecule has 7 nitrogen and oxygen atoms in total. The maximum absolute atomic E-state index is 12.8. The first-order valence-corrected chi connectivity index (χ1v) is 10.1. The molecule has 8 heteroatoms. The Bertz CT molecular complexity index is 1000. The van der Waals surface area contributed by atoms with Crippen molar-refractivity contribution < 1.29 is 14.3 Å². The van der Waals surface area contributed by atoms with E-state index >= 15 is 0 Å². The highest BCUT2D eigenvalue weighted by atomic mass is 32.1. The lowest BCUT2D eigenvalue weighted by molar-refractivity contribution is -0.119. The van der Waals surface area contributed by atoms with Gasteiger partial charge in [0.15, 0.2) is 0 Å². The average molecular weight is 408 g/mol. The highest BCUT2D eigenvalue weighted by Crippen LogP contribution is 2.29. The van der Waals surface area contributed by atoms with Crippen LogP contribution in [0.4, 0.5) is 5.13 Å². The quantitative estimate of drug-likeness (QED) is 0.699. The molecule has 0 saturated carbocycles. The van der Waals surface area contributed by atoms with E-state index < -0.39 is 6.04 Å². The van der Waals surface area contributed by atoms with Gasteiger partial charge in [-0.2, -0.15) is 0 Å². The van der Waals surface area contributed by atoms with Gasteiger partial charge in [-0.1, -0.05) is 29.5 Å². The topological polar surface area (TPSA) is 84.4 Å². The Balaban J connectivity index is 1.45. The lowest BCUT2D eigenvalue weighted by atomic mass is 10.1. The SMILES string of the molecule is COc1ccc(-c2nnc(NC(=O)C3CCCN3C(=O)c3ccccc3)s2)cc1. The predicted octanol–water partition coefficient (Wildman–Crippen LogP) is 3.46. The molecule has 1 aromatic heterocycles. The number of ether oxygens (including phenoxy) is 1. The fraction of sp³-hybridized carbons (Fsp3) is 0.238. The maximum Gasteiger partial charge on any atom is 0.254 e. The van der Waals surface area contributed by atoms with Crippen LogP contribution in [0.25, 0.3) is 10.6 Å². The fourth-order valence-electron chi connectivity index (χ4n) is 3.34. The van der Waals surface area contributed by atoms with Crippen LogP contribution in [0.1, 0.15) is 23.2 Å². The number of aromatic nitrogens is 2. The molecule has 4 rings (SSSR count). The van der Waals surface area contributed by atoms with E-state index in [-0.39, 0.29) is 11.8 Å².